The van der Waals surface area contributed by atoms with E-state index in [1.54, 1.807) is 0 Å². The van der Waals surface area contributed by atoms with Crippen molar-refractivity contribution in [2.24, 2.45) is 46.3 Å². The largest absolute Gasteiger partial charge is 0.393 e. The van der Waals surface area contributed by atoms with Crippen LogP contribution in [0.15, 0.2) is 0 Å². The van der Waals surface area contributed by atoms with Crippen molar-refractivity contribution in [3.63, 3.8) is 0 Å². The fourth-order valence-corrected chi connectivity index (χ4v) is 10.8. The van der Waals surface area contributed by atoms with Gasteiger partial charge in [0.1, 0.15) is 0 Å². The number of carbonyl (C=O) groups is 1. The van der Waals surface area contributed by atoms with Gasteiger partial charge in [-0.3, -0.25) is 9.35 Å². The SMILES string of the molecule is C[C@H](CCC(=O)NCCC[N+](C)(C)CCCS(=O)(=O)O)[C@H]1CC[C@H]2[C@H]3[C@H](O)C[C@@H]4CC(O)CC[C@]4(C)[C@H]3C[C@H](O)[C@]12C. The van der Waals surface area contributed by atoms with Crippen LogP contribution in [0.4, 0.5) is 0 Å². The van der Waals surface area contributed by atoms with Gasteiger partial charge >= 0.3 is 0 Å². The van der Waals surface area contributed by atoms with E-state index >= 15 is 0 Å². The molecular weight excluding hydrogens is 556 g/mol. The second-order valence-corrected chi connectivity index (χ2v) is 17.3. The fraction of sp³-hybridized carbons (Fsp3) is 0.969. The summed E-state index contributed by atoms with van der Waals surface area (Å²) in [6, 6.07) is 0. The monoisotopic (exact) mass is 615 g/mol. The molecule has 244 valence electrons. The van der Waals surface area contributed by atoms with E-state index in [-0.39, 0.29) is 52.5 Å². The highest BCUT2D eigenvalue weighted by Crippen LogP contribution is 2.68. The highest BCUT2D eigenvalue weighted by atomic mass is 32.2. The van der Waals surface area contributed by atoms with Crippen molar-refractivity contribution in [3.05, 3.63) is 0 Å². The second kappa shape index (κ2) is 12.9. The molecule has 0 spiro atoms. The number of quaternary nitrogens is 1. The Balaban J connectivity index is 1.27. The molecule has 11 atom stereocenters. The highest BCUT2D eigenvalue weighted by molar-refractivity contribution is 7.85. The summed E-state index contributed by atoms with van der Waals surface area (Å²) in [7, 11) is 0.114. The van der Waals surface area contributed by atoms with Crippen molar-refractivity contribution in [2.75, 3.05) is 39.5 Å². The fourth-order valence-electron chi connectivity index (χ4n) is 10.3. The summed E-state index contributed by atoms with van der Waals surface area (Å²) in [5.74, 6) is 1.52. The van der Waals surface area contributed by atoms with Gasteiger partial charge in [0.05, 0.1) is 51.2 Å². The van der Waals surface area contributed by atoms with Crippen LogP contribution < -0.4 is 5.32 Å². The molecule has 0 aromatic rings. The predicted molar refractivity (Wildman–Crippen MR) is 163 cm³/mol. The molecule has 10 heteroatoms. The Morgan fingerprint density at radius 3 is 2.38 bits per heavy atom. The molecule has 5 N–H and O–H groups in total. The lowest BCUT2D eigenvalue weighted by Crippen LogP contribution is -2.62. The average Bonchev–Trinajstić information content (AvgIpc) is 3.24. The van der Waals surface area contributed by atoms with Gasteiger partial charge in [-0.15, -0.1) is 0 Å². The van der Waals surface area contributed by atoms with Gasteiger partial charge in [-0.25, -0.2) is 0 Å². The summed E-state index contributed by atoms with van der Waals surface area (Å²) in [6.07, 6.45) is 7.47. The molecule has 0 radical (unpaired) electrons. The minimum Gasteiger partial charge on any atom is -0.393 e. The summed E-state index contributed by atoms with van der Waals surface area (Å²) in [6.45, 7) is 8.87. The number of aliphatic hydroxyl groups is 3. The van der Waals surface area contributed by atoms with Crippen molar-refractivity contribution in [1.29, 1.82) is 0 Å². The van der Waals surface area contributed by atoms with Crippen LogP contribution in [0.3, 0.4) is 0 Å². The molecule has 4 fully saturated rings. The normalized spacial score (nSPS) is 41.0. The summed E-state index contributed by atoms with van der Waals surface area (Å²) >= 11 is 0. The minimum atomic E-state index is -3.93. The Bertz CT molecular complexity index is 1050. The maximum atomic E-state index is 12.7. The summed E-state index contributed by atoms with van der Waals surface area (Å²) in [5, 5.41) is 36.6. The van der Waals surface area contributed by atoms with Crippen LogP contribution in [0.25, 0.3) is 0 Å². The zero-order chi connectivity index (χ0) is 31.1. The quantitative estimate of drug-likeness (QED) is 0.129. The van der Waals surface area contributed by atoms with Gasteiger partial charge in [0.25, 0.3) is 10.1 Å². The van der Waals surface area contributed by atoms with Crippen LogP contribution in [-0.4, -0.2) is 96.5 Å². The zero-order valence-electron chi connectivity index (χ0n) is 26.7. The molecule has 0 bridgehead atoms. The van der Waals surface area contributed by atoms with Crippen LogP contribution >= 0.6 is 0 Å². The Kier molecular flexibility index (Phi) is 10.5. The Morgan fingerprint density at radius 2 is 1.69 bits per heavy atom. The molecule has 4 aliphatic rings. The first-order valence-corrected chi connectivity index (χ1v) is 18.2. The smallest absolute Gasteiger partial charge is 0.265 e. The first-order valence-electron chi connectivity index (χ1n) is 16.6. The van der Waals surface area contributed by atoms with Crippen LogP contribution in [0.1, 0.15) is 91.4 Å². The van der Waals surface area contributed by atoms with Crippen LogP contribution in [-0.2, 0) is 14.9 Å². The number of amides is 1. The lowest BCUT2D eigenvalue weighted by Gasteiger charge is -2.63. The van der Waals surface area contributed by atoms with Gasteiger partial charge in [0.15, 0.2) is 0 Å². The summed E-state index contributed by atoms with van der Waals surface area (Å²) in [5.41, 5.74) is -0.185. The maximum Gasteiger partial charge on any atom is 0.265 e. The van der Waals surface area contributed by atoms with Gasteiger partial charge in [-0.2, -0.15) is 8.42 Å². The number of nitrogens with one attached hydrogen (secondary N) is 1. The molecule has 0 aromatic carbocycles. The van der Waals surface area contributed by atoms with E-state index in [1.165, 1.54) is 0 Å². The third kappa shape index (κ3) is 7.20. The highest BCUT2D eigenvalue weighted by Gasteiger charge is 2.65. The first kappa shape index (κ1) is 34.1. The third-order valence-electron chi connectivity index (χ3n) is 12.8. The molecule has 0 saturated heterocycles. The summed E-state index contributed by atoms with van der Waals surface area (Å²) in [4.78, 5) is 12.7. The maximum absolute atomic E-state index is 12.7. The topological polar surface area (TPSA) is 144 Å². The standard InChI is InChI=1S/C32H58N2O7S/c1-21(8-11-29(38)33-14-6-15-34(4,5)16-7-17-42(39,40)41)24-9-10-25-30-26(20-28(37)32(24,25)3)31(2)13-12-23(35)18-22(31)19-27(30)36/h21-28,30,35-37H,6-20H2,1-5H3,(H-,33,38,39,40,41)/p+1/t21-,22+,23?,24-,25+,26+,27-,28+,30-,31+,32-/m1/s1. The number of rotatable bonds is 12. The zero-order valence-corrected chi connectivity index (χ0v) is 27.5. The van der Waals surface area contributed by atoms with Crippen LogP contribution in [0, 0.1) is 46.3 Å². The van der Waals surface area contributed by atoms with E-state index in [0.29, 0.717) is 48.2 Å². The lowest BCUT2D eigenvalue weighted by molar-refractivity contribution is -0.890. The Morgan fingerprint density at radius 1 is 1.00 bits per heavy atom. The molecule has 9 nitrogen and oxygen atoms in total. The Labute approximate surface area is 254 Å². The van der Waals surface area contributed by atoms with Crippen LogP contribution in [0.2, 0.25) is 0 Å². The number of aliphatic hydroxyl groups excluding tert-OH is 3. The average molecular weight is 616 g/mol. The van der Waals surface area contributed by atoms with Gasteiger partial charge in [0, 0.05) is 25.8 Å². The number of carbonyl (C=O) groups excluding carboxylic acids is 1. The summed E-state index contributed by atoms with van der Waals surface area (Å²) < 4.78 is 31.5. The van der Waals surface area contributed by atoms with Gasteiger partial charge in [-0.05, 0) is 97.7 Å². The molecule has 42 heavy (non-hydrogen) atoms. The molecule has 4 aliphatic carbocycles. The number of fused-ring (bicyclic) bond motifs is 5. The van der Waals surface area contributed by atoms with Crippen molar-refractivity contribution in [1.82, 2.24) is 5.32 Å². The van der Waals surface area contributed by atoms with Crippen molar-refractivity contribution < 1.29 is 37.6 Å². The van der Waals surface area contributed by atoms with Crippen LogP contribution in [0.5, 0.6) is 0 Å². The lowest BCUT2D eigenvalue weighted by atomic mass is 9.43. The molecular formula is C32H59N2O7S+. The second-order valence-electron chi connectivity index (χ2n) is 15.8. The number of nitrogens with zero attached hydrogens (tertiary/aromatic N) is 1. The molecule has 1 unspecified atom stereocenters. The van der Waals surface area contributed by atoms with E-state index < -0.39 is 16.2 Å². The molecule has 0 heterocycles. The third-order valence-corrected chi connectivity index (χ3v) is 13.6. The van der Waals surface area contributed by atoms with E-state index in [2.05, 4.69) is 26.1 Å². The predicted octanol–water partition coefficient (Wildman–Crippen LogP) is 3.22. The molecule has 1 amide bonds. The minimum absolute atomic E-state index is 0.0450. The molecule has 4 rings (SSSR count). The van der Waals surface area contributed by atoms with E-state index in [9.17, 15) is 28.5 Å². The van der Waals surface area contributed by atoms with Gasteiger partial charge < -0.3 is 25.1 Å². The van der Waals surface area contributed by atoms with E-state index in [1.807, 2.05) is 14.1 Å². The molecule has 4 saturated carbocycles. The van der Waals surface area contributed by atoms with Crippen molar-refractivity contribution in [2.45, 2.75) is 110 Å². The van der Waals surface area contributed by atoms with E-state index in [0.717, 1.165) is 64.3 Å². The van der Waals surface area contributed by atoms with Crippen molar-refractivity contribution in [3.8, 4) is 0 Å². The van der Waals surface area contributed by atoms with Crippen molar-refractivity contribution >= 4 is 16.0 Å². The number of hydrogen-bond donors (Lipinski definition) is 5. The first-order chi connectivity index (χ1) is 19.5. The van der Waals surface area contributed by atoms with E-state index in [4.69, 9.17) is 4.55 Å². The number of hydrogen-bond acceptors (Lipinski definition) is 6. The van der Waals surface area contributed by atoms with Gasteiger partial charge in [0.2, 0.25) is 5.91 Å². The van der Waals surface area contributed by atoms with Gasteiger partial charge in [-0.1, -0.05) is 20.8 Å². The Hall–Kier alpha value is -0.780. The molecule has 0 aromatic heterocycles. The molecule has 0 aliphatic heterocycles.